The van der Waals surface area contributed by atoms with Crippen molar-refractivity contribution in [1.29, 1.82) is 0 Å². The lowest BCUT2D eigenvalue weighted by Crippen LogP contribution is -1.91. The Kier molecular flexibility index (Phi) is 3.83. The van der Waals surface area contributed by atoms with Gasteiger partial charge in [-0.1, -0.05) is 90.6 Å². The van der Waals surface area contributed by atoms with Gasteiger partial charge in [0.1, 0.15) is 0 Å². The van der Waals surface area contributed by atoms with E-state index in [2.05, 4.69) is 70.9 Å². The number of hydrogen-bond acceptors (Lipinski definition) is 4. The SMILES string of the molecule is c1ccc(Cc2nnc(SC3c4ccccc4-c4ccccc43)o2)cc1. The van der Waals surface area contributed by atoms with Crippen molar-refractivity contribution in [1.82, 2.24) is 10.2 Å². The molecule has 5 rings (SSSR count). The molecule has 1 heterocycles. The van der Waals surface area contributed by atoms with Crippen molar-refractivity contribution in [2.24, 2.45) is 0 Å². The Balaban J connectivity index is 1.43. The number of hydrogen-bond donors (Lipinski definition) is 0. The van der Waals surface area contributed by atoms with Gasteiger partial charge >= 0.3 is 0 Å². The molecule has 1 aliphatic carbocycles. The average molecular weight is 356 g/mol. The number of benzene rings is 3. The Bertz CT molecular complexity index is 1010. The molecule has 1 aliphatic rings. The van der Waals surface area contributed by atoms with E-state index in [-0.39, 0.29) is 5.25 Å². The minimum Gasteiger partial charge on any atom is -0.416 e. The van der Waals surface area contributed by atoms with E-state index in [4.69, 9.17) is 4.42 Å². The van der Waals surface area contributed by atoms with Crippen molar-refractivity contribution in [3.8, 4) is 11.1 Å². The van der Waals surface area contributed by atoms with Crippen LogP contribution in [0.1, 0.15) is 27.8 Å². The van der Waals surface area contributed by atoms with Crippen LogP contribution in [-0.2, 0) is 6.42 Å². The van der Waals surface area contributed by atoms with Gasteiger partial charge in [0.2, 0.25) is 5.89 Å². The first-order chi connectivity index (χ1) is 12.9. The summed E-state index contributed by atoms with van der Waals surface area (Å²) in [7, 11) is 0. The second-order valence-corrected chi connectivity index (χ2v) is 7.35. The zero-order valence-electron chi connectivity index (χ0n) is 14.0. The third kappa shape index (κ3) is 2.72. The lowest BCUT2D eigenvalue weighted by atomic mass is 10.1. The number of rotatable bonds is 4. The minimum atomic E-state index is 0.187. The summed E-state index contributed by atoms with van der Waals surface area (Å²) in [5.74, 6) is 0.651. The molecule has 0 saturated carbocycles. The van der Waals surface area contributed by atoms with E-state index in [1.165, 1.54) is 27.8 Å². The van der Waals surface area contributed by atoms with Gasteiger partial charge in [0, 0.05) is 0 Å². The highest BCUT2D eigenvalue weighted by atomic mass is 32.2. The lowest BCUT2D eigenvalue weighted by molar-refractivity contribution is 0.420. The van der Waals surface area contributed by atoms with E-state index in [0.717, 1.165) is 0 Å². The predicted octanol–water partition coefficient (Wildman–Crippen LogP) is 5.52. The molecule has 3 aromatic carbocycles. The average Bonchev–Trinajstić information content (AvgIpc) is 3.26. The molecule has 126 valence electrons. The van der Waals surface area contributed by atoms with Gasteiger partial charge in [0.05, 0.1) is 11.7 Å². The molecular weight excluding hydrogens is 340 g/mol. The van der Waals surface area contributed by atoms with Crippen LogP contribution >= 0.6 is 11.8 Å². The van der Waals surface area contributed by atoms with E-state index >= 15 is 0 Å². The summed E-state index contributed by atoms with van der Waals surface area (Å²) in [4.78, 5) is 0. The van der Waals surface area contributed by atoms with Gasteiger partial charge in [-0.3, -0.25) is 0 Å². The Morgan fingerprint density at radius 2 is 1.35 bits per heavy atom. The normalized spacial score (nSPS) is 12.8. The molecule has 1 aromatic heterocycles. The van der Waals surface area contributed by atoms with Crippen LogP contribution in [0.15, 0.2) is 88.5 Å². The van der Waals surface area contributed by atoms with Crippen molar-refractivity contribution in [3.63, 3.8) is 0 Å². The van der Waals surface area contributed by atoms with Crippen LogP contribution in [0.5, 0.6) is 0 Å². The van der Waals surface area contributed by atoms with E-state index in [1.54, 1.807) is 11.8 Å². The van der Waals surface area contributed by atoms with Gasteiger partial charge in [0.25, 0.3) is 5.22 Å². The molecule has 0 N–H and O–H groups in total. The van der Waals surface area contributed by atoms with Crippen LogP contribution in [-0.4, -0.2) is 10.2 Å². The van der Waals surface area contributed by atoms with Crippen molar-refractivity contribution in [2.45, 2.75) is 16.9 Å². The number of fused-ring (bicyclic) bond motifs is 3. The molecular formula is C22H16N2OS. The summed E-state index contributed by atoms with van der Waals surface area (Å²) >= 11 is 1.63. The topological polar surface area (TPSA) is 38.9 Å². The van der Waals surface area contributed by atoms with Crippen molar-refractivity contribution in [3.05, 3.63) is 101 Å². The fraction of sp³-hybridized carbons (Fsp3) is 0.0909. The highest BCUT2D eigenvalue weighted by molar-refractivity contribution is 7.99. The first-order valence-electron chi connectivity index (χ1n) is 8.60. The third-order valence-electron chi connectivity index (χ3n) is 4.64. The van der Waals surface area contributed by atoms with Gasteiger partial charge in [0.15, 0.2) is 0 Å². The monoisotopic (exact) mass is 356 g/mol. The first-order valence-corrected chi connectivity index (χ1v) is 9.47. The summed E-state index contributed by atoms with van der Waals surface area (Å²) < 4.78 is 5.92. The number of nitrogens with zero attached hydrogens (tertiary/aromatic N) is 2. The molecule has 0 saturated heterocycles. The predicted molar refractivity (Wildman–Crippen MR) is 103 cm³/mol. The molecule has 0 amide bonds. The van der Waals surface area contributed by atoms with Crippen molar-refractivity contribution < 1.29 is 4.42 Å². The molecule has 26 heavy (non-hydrogen) atoms. The van der Waals surface area contributed by atoms with Crippen LogP contribution in [0.2, 0.25) is 0 Å². The van der Waals surface area contributed by atoms with Crippen LogP contribution in [0, 0.1) is 0 Å². The Labute approximate surface area is 156 Å². The van der Waals surface area contributed by atoms with E-state index in [9.17, 15) is 0 Å². The summed E-state index contributed by atoms with van der Waals surface area (Å²) in [5, 5.41) is 9.30. The van der Waals surface area contributed by atoms with E-state index in [1.807, 2.05) is 18.2 Å². The van der Waals surface area contributed by atoms with Crippen molar-refractivity contribution in [2.75, 3.05) is 0 Å². The second kappa shape index (κ2) is 6.46. The molecule has 3 nitrogen and oxygen atoms in total. The number of thioether (sulfide) groups is 1. The van der Waals surface area contributed by atoms with Crippen LogP contribution in [0.3, 0.4) is 0 Å². The minimum absolute atomic E-state index is 0.187. The molecule has 4 heteroatoms. The van der Waals surface area contributed by atoms with Crippen LogP contribution < -0.4 is 0 Å². The zero-order chi connectivity index (χ0) is 17.3. The second-order valence-electron chi connectivity index (χ2n) is 6.30. The Morgan fingerprint density at radius 3 is 2.04 bits per heavy atom. The maximum absolute atomic E-state index is 5.92. The van der Waals surface area contributed by atoms with Crippen molar-refractivity contribution >= 4 is 11.8 Å². The summed E-state index contributed by atoms with van der Waals surface area (Å²) in [6, 6.07) is 27.3. The van der Waals surface area contributed by atoms with Gasteiger partial charge in [-0.2, -0.15) is 0 Å². The molecule has 0 spiro atoms. The number of aromatic nitrogens is 2. The van der Waals surface area contributed by atoms with Crippen LogP contribution in [0.25, 0.3) is 11.1 Å². The van der Waals surface area contributed by atoms with Gasteiger partial charge in [-0.25, -0.2) is 0 Å². The molecule has 0 unspecified atom stereocenters. The Morgan fingerprint density at radius 1 is 0.731 bits per heavy atom. The Hall–Kier alpha value is -2.85. The largest absolute Gasteiger partial charge is 0.416 e. The maximum atomic E-state index is 5.92. The van der Waals surface area contributed by atoms with Gasteiger partial charge in [-0.05, 0) is 27.8 Å². The van der Waals surface area contributed by atoms with E-state index < -0.39 is 0 Å². The summed E-state index contributed by atoms with van der Waals surface area (Å²) in [6.07, 6.45) is 0.659. The molecule has 0 fully saturated rings. The fourth-order valence-electron chi connectivity index (χ4n) is 3.46. The molecule has 0 atom stereocenters. The molecule has 0 aliphatic heterocycles. The van der Waals surface area contributed by atoms with Gasteiger partial charge in [-0.15, -0.1) is 10.2 Å². The summed E-state index contributed by atoms with van der Waals surface area (Å²) in [5.41, 5.74) is 6.38. The first kappa shape index (κ1) is 15.4. The van der Waals surface area contributed by atoms with E-state index in [0.29, 0.717) is 17.5 Å². The molecule has 4 aromatic rings. The zero-order valence-corrected chi connectivity index (χ0v) is 14.8. The maximum Gasteiger partial charge on any atom is 0.277 e. The fourth-order valence-corrected chi connectivity index (χ4v) is 4.56. The quantitative estimate of drug-likeness (QED) is 0.482. The standard InChI is InChI=1S/C22H16N2OS/c1-2-8-15(9-3-1)14-20-23-24-22(25-20)26-21-18-12-6-4-10-16(18)17-11-5-7-13-19(17)21/h1-13,21H,14H2. The summed E-state index contributed by atoms with van der Waals surface area (Å²) in [6.45, 7) is 0. The smallest absolute Gasteiger partial charge is 0.277 e. The molecule has 0 bridgehead atoms. The molecule has 0 radical (unpaired) electrons. The third-order valence-corrected chi connectivity index (χ3v) is 5.75. The highest BCUT2D eigenvalue weighted by Crippen LogP contribution is 2.51. The van der Waals surface area contributed by atoms with Crippen LogP contribution in [0.4, 0.5) is 0 Å². The van der Waals surface area contributed by atoms with Gasteiger partial charge < -0.3 is 4.42 Å². The highest BCUT2D eigenvalue weighted by Gasteiger charge is 2.30. The lowest BCUT2D eigenvalue weighted by Gasteiger charge is -2.09.